The second-order valence-corrected chi connectivity index (χ2v) is 10.0. The number of rotatable bonds is 3. The molecule has 3 unspecified atom stereocenters. The number of nitrogens with zero attached hydrogens (tertiary/aromatic N) is 6. The van der Waals surface area contributed by atoms with E-state index < -0.39 is 24.1 Å². The zero-order valence-electron chi connectivity index (χ0n) is 18.6. The van der Waals surface area contributed by atoms with Gasteiger partial charge in [0.05, 0.1) is 28.7 Å². The number of hydrogen-bond donors (Lipinski definition) is 1. The predicted octanol–water partition coefficient (Wildman–Crippen LogP) is 3.92. The second kappa shape index (κ2) is 7.74. The summed E-state index contributed by atoms with van der Waals surface area (Å²) in [6.45, 7) is 6.04. The number of carbonyl (C=O) groups excluding carboxylic acids is 1. The molecular weight excluding hydrogens is 479 g/mol. The largest absolute Gasteiger partial charge is 0.375 e. The number of nitrogen functional groups attached to an aromatic ring is 1. The zero-order valence-corrected chi connectivity index (χ0v) is 19.4. The van der Waals surface area contributed by atoms with Crippen molar-refractivity contribution < 1.29 is 18.0 Å². The molecule has 180 valence electrons. The van der Waals surface area contributed by atoms with Gasteiger partial charge in [-0.15, -0.1) is 5.10 Å². The van der Waals surface area contributed by atoms with Crippen molar-refractivity contribution in [1.82, 2.24) is 29.9 Å². The molecule has 35 heavy (non-hydrogen) atoms. The third-order valence-corrected chi connectivity index (χ3v) is 7.84. The molecule has 3 atom stereocenters. The fraction of sp³-hybridized carbons (Fsp3) is 0.348. The molecule has 8 nitrogen and oxygen atoms in total. The average molecular weight is 500 g/mol. The highest BCUT2D eigenvalue weighted by atomic mass is 32.1. The molecular formula is C23H20F3N7OS. The molecule has 0 spiro atoms. The fourth-order valence-electron chi connectivity index (χ4n) is 5.16. The lowest BCUT2D eigenvalue weighted by atomic mass is 9.80. The Morgan fingerprint density at radius 1 is 1.34 bits per heavy atom. The van der Waals surface area contributed by atoms with Crippen molar-refractivity contribution in [2.45, 2.75) is 37.6 Å². The van der Waals surface area contributed by atoms with E-state index in [0.717, 1.165) is 11.3 Å². The molecule has 1 saturated heterocycles. The van der Waals surface area contributed by atoms with Crippen LogP contribution in [0.1, 0.15) is 46.3 Å². The van der Waals surface area contributed by atoms with Crippen molar-refractivity contribution in [3.8, 4) is 0 Å². The highest BCUT2D eigenvalue weighted by molar-refractivity contribution is 7.15. The molecule has 1 amide bonds. The van der Waals surface area contributed by atoms with Gasteiger partial charge in [0.15, 0.2) is 10.9 Å². The van der Waals surface area contributed by atoms with Crippen molar-refractivity contribution in [2.24, 2.45) is 0 Å². The summed E-state index contributed by atoms with van der Waals surface area (Å²) in [6, 6.07) is 1.60. The van der Waals surface area contributed by atoms with Crippen molar-refractivity contribution in [2.75, 3.05) is 18.8 Å². The van der Waals surface area contributed by atoms with Crippen LogP contribution >= 0.6 is 11.3 Å². The number of anilines is 1. The number of likely N-dealkylation sites (tertiary alicyclic amines) is 1. The molecule has 6 rings (SSSR count). The van der Waals surface area contributed by atoms with Gasteiger partial charge in [0.1, 0.15) is 28.9 Å². The molecule has 0 saturated carbocycles. The van der Waals surface area contributed by atoms with Crippen LogP contribution in [0.5, 0.6) is 0 Å². The molecule has 2 N–H and O–H groups in total. The average Bonchev–Trinajstić information content (AvgIpc) is 3.38. The van der Waals surface area contributed by atoms with Gasteiger partial charge in [0.2, 0.25) is 5.91 Å². The van der Waals surface area contributed by atoms with Crippen molar-refractivity contribution in [3.63, 3.8) is 0 Å². The zero-order chi connectivity index (χ0) is 24.6. The summed E-state index contributed by atoms with van der Waals surface area (Å²) in [4.78, 5) is 22.1. The number of fused-ring (bicyclic) bond motifs is 4. The van der Waals surface area contributed by atoms with E-state index in [2.05, 4.69) is 26.9 Å². The Hall–Kier alpha value is -3.54. The van der Waals surface area contributed by atoms with Crippen molar-refractivity contribution in [1.29, 1.82) is 0 Å². The van der Waals surface area contributed by atoms with Gasteiger partial charge in [-0.25, -0.2) is 22.8 Å². The maximum atomic E-state index is 16.1. The smallest absolute Gasteiger partial charge is 0.246 e. The lowest BCUT2D eigenvalue weighted by molar-refractivity contribution is -0.131. The first-order valence-corrected chi connectivity index (χ1v) is 11.9. The summed E-state index contributed by atoms with van der Waals surface area (Å²) in [7, 11) is 0. The van der Waals surface area contributed by atoms with Crippen LogP contribution in [0.3, 0.4) is 0 Å². The van der Waals surface area contributed by atoms with Gasteiger partial charge < -0.3 is 10.6 Å². The molecule has 0 radical (unpaired) electrons. The molecule has 1 aliphatic heterocycles. The lowest BCUT2D eigenvalue weighted by Gasteiger charge is -2.38. The van der Waals surface area contributed by atoms with Crippen LogP contribution in [-0.2, 0) is 4.79 Å². The van der Waals surface area contributed by atoms with E-state index in [-0.39, 0.29) is 45.2 Å². The van der Waals surface area contributed by atoms with E-state index in [0.29, 0.717) is 35.1 Å². The molecule has 1 aliphatic carbocycles. The maximum Gasteiger partial charge on any atom is 0.246 e. The van der Waals surface area contributed by atoms with Gasteiger partial charge in [-0.3, -0.25) is 9.78 Å². The lowest BCUT2D eigenvalue weighted by Crippen LogP contribution is -2.50. The number of nitrogens with two attached hydrogens (primary N) is 1. The topological polar surface area (TPSA) is 103 Å². The Morgan fingerprint density at radius 3 is 2.86 bits per heavy atom. The Balaban J connectivity index is 1.50. The first kappa shape index (κ1) is 22.0. The van der Waals surface area contributed by atoms with Crippen molar-refractivity contribution >= 4 is 44.3 Å². The van der Waals surface area contributed by atoms with Crippen LogP contribution in [0, 0.1) is 12.7 Å². The Kier molecular flexibility index (Phi) is 4.85. The minimum atomic E-state index is -1.66. The summed E-state index contributed by atoms with van der Waals surface area (Å²) in [5.41, 5.74) is 7.62. The van der Waals surface area contributed by atoms with Gasteiger partial charge >= 0.3 is 0 Å². The standard InChI is InChI=1S/C23H20F3N7OS/c1-3-15(34)32-7-10(8-32)33-21-11-4-9(2)16(18(26)19(11)28-6-14(21)30-31-33)17-12(24)5-13(25)22-20(17)29-23(27)35-22/h3-4,6,10,12-13,17H,1,5,7-8H2,2H3,(H2,27,29). The Morgan fingerprint density at radius 2 is 2.11 bits per heavy atom. The summed E-state index contributed by atoms with van der Waals surface area (Å²) >= 11 is 0.968. The van der Waals surface area contributed by atoms with Crippen LogP contribution in [0.15, 0.2) is 24.9 Å². The van der Waals surface area contributed by atoms with E-state index in [9.17, 15) is 9.18 Å². The Labute approximate surface area is 201 Å². The first-order valence-electron chi connectivity index (χ1n) is 11.1. The molecule has 0 bridgehead atoms. The second-order valence-electron chi connectivity index (χ2n) is 8.94. The quantitative estimate of drug-likeness (QED) is 0.429. The van der Waals surface area contributed by atoms with Gasteiger partial charge in [-0.2, -0.15) is 0 Å². The van der Waals surface area contributed by atoms with Crippen LogP contribution in [0.25, 0.3) is 21.9 Å². The molecule has 4 aromatic rings. The normalized spacial score (nSPS) is 22.4. The van der Waals surface area contributed by atoms with E-state index in [1.165, 1.54) is 12.3 Å². The number of pyridine rings is 1. The summed E-state index contributed by atoms with van der Waals surface area (Å²) in [5, 5.41) is 8.99. The predicted molar refractivity (Wildman–Crippen MR) is 125 cm³/mol. The van der Waals surface area contributed by atoms with Crippen LogP contribution in [-0.4, -0.2) is 55.0 Å². The van der Waals surface area contributed by atoms with E-state index in [1.807, 2.05) is 0 Å². The first-order chi connectivity index (χ1) is 16.8. The number of halogens is 3. The number of amides is 1. The highest BCUT2D eigenvalue weighted by Gasteiger charge is 2.42. The van der Waals surface area contributed by atoms with Gasteiger partial charge in [0, 0.05) is 30.5 Å². The van der Waals surface area contributed by atoms with Crippen LogP contribution < -0.4 is 5.73 Å². The van der Waals surface area contributed by atoms with Gasteiger partial charge in [0.25, 0.3) is 0 Å². The van der Waals surface area contributed by atoms with Gasteiger partial charge in [-0.1, -0.05) is 23.1 Å². The highest BCUT2D eigenvalue weighted by Crippen LogP contribution is 2.49. The van der Waals surface area contributed by atoms with Crippen molar-refractivity contribution in [3.05, 3.63) is 52.4 Å². The van der Waals surface area contributed by atoms with E-state index >= 15 is 8.78 Å². The number of thiazole rings is 1. The molecule has 12 heteroatoms. The minimum absolute atomic E-state index is 0.0410. The van der Waals surface area contributed by atoms with Gasteiger partial charge in [-0.05, 0) is 24.6 Å². The summed E-state index contributed by atoms with van der Waals surface area (Å²) in [6.07, 6.45) is -0.898. The molecule has 3 aromatic heterocycles. The third-order valence-electron chi connectivity index (χ3n) is 6.85. The number of carbonyl (C=O) groups is 1. The van der Waals surface area contributed by atoms with E-state index in [4.69, 9.17) is 5.73 Å². The molecule has 1 aromatic carbocycles. The summed E-state index contributed by atoms with van der Waals surface area (Å²) in [5.74, 6) is -1.94. The SMILES string of the molecule is C=CC(=O)N1CC(n2nnc3cnc4c(F)c(C5c6nc(N)sc6C(F)CC5F)c(C)cc4c32)C1. The fourth-order valence-corrected chi connectivity index (χ4v) is 6.03. The molecule has 2 aliphatic rings. The molecule has 1 fully saturated rings. The molecule has 4 heterocycles. The number of aryl methyl sites for hydroxylation is 1. The number of alkyl halides is 2. The maximum absolute atomic E-state index is 16.1. The number of benzene rings is 1. The minimum Gasteiger partial charge on any atom is -0.375 e. The van der Waals surface area contributed by atoms with Crippen LogP contribution in [0.2, 0.25) is 0 Å². The van der Waals surface area contributed by atoms with Crippen LogP contribution in [0.4, 0.5) is 18.3 Å². The van der Waals surface area contributed by atoms with E-state index in [1.54, 1.807) is 22.6 Å². The summed E-state index contributed by atoms with van der Waals surface area (Å²) < 4.78 is 47.5. The Bertz CT molecular complexity index is 1530. The monoisotopic (exact) mass is 499 g/mol. The number of hydrogen-bond acceptors (Lipinski definition) is 7. The number of aromatic nitrogens is 5. The third kappa shape index (κ3) is 3.15.